The highest BCUT2D eigenvalue weighted by Gasteiger charge is 1.94. The van der Waals surface area contributed by atoms with E-state index in [1.807, 2.05) is 0 Å². The van der Waals surface area contributed by atoms with Gasteiger partial charge in [-0.25, -0.2) is 0 Å². The largest absolute Gasteiger partial charge is 0.377 e. The van der Waals surface area contributed by atoms with Gasteiger partial charge in [0.1, 0.15) is 0 Å². The first-order chi connectivity index (χ1) is 11.8. The molecule has 1 atom stereocenters. The van der Waals surface area contributed by atoms with Crippen LogP contribution >= 0.6 is 0 Å². The van der Waals surface area contributed by atoms with Crippen molar-refractivity contribution >= 4 is 0 Å². The highest BCUT2D eigenvalue weighted by molar-refractivity contribution is 4.90. The predicted molar refractivity (Wildman–Crippen MR) is 109 cm³/mol. The predicted octanol–water partition coefficient (Wildman–Crippen LogP) is 8.04. The molecule has 0 saturated carbocycles. The number of allylic oxidation sites excluding steroid dienone is 1. The van der Waals surface area contributed by atoms with Crippen molar-refractivity contribution in [3.8, 4) is 0 Å². The molecule has 0 heterocycles. The highest BCUT2D eigenvalue weighted by atomic mass is 16.5. The molecule has 0 aliphatic heterocycles. The lowest BCUT2D eigenvalue weighted by Gasteiger charge is -2.03. The Hall–Kier alpha value is -0.300. The third-order valence-corrected chi connectivity index (χ3v) is 4.88. The zero-order valence-electron chi connectivity index (χ0n) is 16.9. The van der Waals surface area contributed by atoms with Crippen LogP contribution in [0, 0.1) is 6.92 Å². The van der Waals surface area contributed by atoms with E-state index < -0.39 is 0 Å². The van der Waals surface area contributed by atoms with Crippen LogP contribution < -0.4 is 0 Å². The second kappa shape index (κ2) is 20.7. The molecule has 0 aromatic carbocycles. The fourth-order valence-corrected chi connectivity index (χ4v) is 3.14. The zero-order valence-corrected chi connectivity index (χ0v) is 16.9. The summed E-state index contributed by atoms with van der Waals surface area (Å²) < 4.78 is 5.09. The van der Waals surface area contributed by atoms with Crippen LogP contribution in [0.4, 0.5) is 0 Å². The SMILES string of the molecule is [CH2]C(C=CCCCCCCCCCCCCCCCCCC)OC. The standard InChI is InChI=1S/C23H45O/c1-4-5-6-7-8-9-10-11-12-13-14-15-16-17-18-19-20-21-22-23(2)24-3/h21-23H,2,4-20H2,1,3H3. The molecule has 0 bridgehead atoms. The summed E-state index contributed by atoms with van der Waals surface area (Å²) in [5.74, 6) is 0. The number of unbranched alkanes of at least 4 members (excludes halogenated alkanes) is 16. The van der Waals surface area contributed by atoms with Gasteiger partial charge in [-0.3, -0.25) is 0 Å². The van der Waals surface area contributed by atoms with Gasteiger partial charge in [-0.2, -0.15) is 0 Å². The molecular weight excluding hydrogens is 292 g/mol. The van der Waals surface area contributed by atoms with E-state index in [1.54, 1.807) is 7.11 Å². The van der Waals surface area contributed by atoms with Gasteiger partial charge in [0.25, 0.3) is 0 Å². The Kier molecular flexibility index (Phi) is 20.5. The molecule has 0 spiro atoms. The number of hydrogen-bond donors (Lipinski definition) is 0. The van der Waals surface area contributed by atoms with E-state index in [2.05, 4.69) is 26.0 Å². The molecule has 1 heteroatoms. The molecule has 0 aromatic heterocycles. The van der Waals surface area contributed by atoms with Crippen molar-refractivity contribution in [1.29, 1.82) is 0 Å². The van der Waals surface area contributed by atoms with Gasteiger partial charge in [-0.15, -0.1) is 0 Å². The van der Waals surface area contributed by atoms with Crippen molar-refractivity contribution < 1.29 is 4.74 Å². The van der Waals surface area contributed by atoms with Crippen molar-refractivity contribution in [3.05, 3.63) is 19.1 Å². The second-order valence-electron chi connectivity index (χ2n) is 7.29. The van der Waals surface area contributed by atoms with Gasteiger partial charge < -0.3 is 4.74 Å². The van der Waals surface area contributed by atoms with Crippen molar-refractivity contribution in [3.63, 3.8) is 0 Å². The topological polar surface area (TPSA) is 9.23 Å². The molecule has 0 N–H and O–H groups in total. The summed E-state index contributed by atoms with van der Waals surface area (Å²) in [5, 5.41) is 0. The van der Waals surface area contributed by atoms with E-state index in [0.29, 0.717) is 0 Å². The lowest BCUT2D eigenvalue weighted by molar-refractivity contribution is 0.175. The second-order valence-corrected chi connectivity index (χ2v) is 7.29. The van der Waals surface area contributed by atoms with Gasteiger partial charge in [-0.1, -0.05) is 115 Å². The van der Waals surface area contributed by atoms with Crippen LogP contribution in [-0.4, -0.2) is 13.2 Å². The quantitative estimate of drug-likeness (QED) is 0.171. The number of methoxy groups -OCH3 is 1. The number of ether oxygens (including phenoxy) is 1. The Morgan fingerprint density at radius 1 is 0.667 bits per heavy atom. The van der Waals surface area contributed by atoms with Crippen LogP contribution in [0.1, 0.15) is 116 Å². The monoisotopic (exact) mass is 337 g/mol. The fraction of sp³-hybridized carbons (Fsp3) is 0.870. The molecule has 0 aliphatic carbocycles. The fourth-order valence-electron chi connectivity index (χ4n) is 3.14. The van der Waals surface area contributed by atoms with E-state index in [0.717, 1.165) is 0 Å². The lowest BCUT2D eigenvalue weighted by atomic mass is 10.0. The summed E-state index contributed by atoms with van der Waals surface area (Å²) in [5.41, 5.74) is 0. The minimum atomic E-state index is 0.0195. The molecule has 0 aromatic rings. The van der Waals surface area contributed by atoms with Crippen molar-refractivity contribution in [1.82, 2.24) is 0 Å². The Morgan fingerprint density at radius 2 is 1.04 bits per heavy atom. The molecule has 0 amide bonds. The summed E-state index contributed by atoms with van der Waals surface area (Å²) in [6, 6.07) is 0. The summed E-state index contributed by atoms with van der Waals surface area (Å²) >= 11 is 0. The van der Waals surface area contributed by atoms with Gasteiger partial charge in [-0.05, 0) is 19.8 Å². The average Bonchev–Trinajstić information content (AvgIpc) is 2.60. The van der Waals surface area contributed by atoms with Crippen LogP contribution in [0.5, 0.6) is 0 Å². The number of hydrogen-bond acceptors (Lipinski definition) is 1. The van der Waals surface area contributed by atoms with E-state index in [1.165, 1.54) is 109 Å². The van der Waals surface area contributed by atoms with Gasteiger partial charge in [0.15, 0.2) is 0 Å². The third kappa shape index (κ3) is 19.7. The molecule has 1 nitrogen and oxygen atoms in total. The maximum Gasteiger partial charge on any atom is 0.0753 e. The summed E-state index contributed by atoms with van der Waals surface area (Å²) in [4.78, 5) is 0. The van der Waals surface area contributed by atoms with Crippen molar-refractivity contribution in [2.24, 2.45) is 0 Å². The molecule has 0 aliphatic rings. The van der Waals surface area contributed by atoms with Crippen molar-refractivity contribution in [2.75, 3.05) is 7.11 Å². The average molecular weight is 338 g/mol. The van der Waals surface area contributed by atoms with E-state index in [4.69, 9.17) is 4.74 Å². The minimum Gasteiger partial charge on any atom is -0.377 e. The molecule has 0 fully saturated rings. The third-order valence-electron chi connectivity index (χ3n) is 4.88. The van der Waals surface area contributed by atoms with Crippen LogP contribution in [0.25, 0.3) is 0 Å². The Morgan fingerprint density at radius 3 is 1.42 bits per heavy atom. The first kappa shape index (κ1) is 23.7. The molecule has 0 saturated heterocycles. The Labute approximate surface area is 153 Å². The molecule has 1 radical (unpaired) electrons. The maximum absolute atomic E-state index is 5.09. The smallest absolute Gasteiger partial charge is 0.0753 e. The molecule has 1 unspecified atom stereocenters. The molecular formula is C23H45O. The van der Waals surface area contributed by atoms with E-state index in [-0.39, 0.29) is 6.10 Å². The van der Waals surface area contributed by atoms with E-state index in [9.17, 15) is 0 Å². The lowest BCUT2D eigenvalue weighted by Crippen LogP contribution is -1.98. The molecule has 143 valence electrons. The van der Waals surface area contributed by atoms with Crippen LogP contribution in [-0.2, 0) is 4.74 Å². The minimum absolute atomic E-state index is 0.0195. The number of rotatable bonds is 19. The van der Waals surface area contributed by atoms with Gasteiger partial charge in [0, 0.05) is 7.11 Å². The first-order valence-electron chi connectivity index (χ1n) is 10.8. The van der Waals surface area contributed by atoms with Crippen LogP contribution in [0.3, 0.4) is 0 Å². The van der Waals surface area contributed by atoms with Gasteiger partial charge in [0.2, 0.25) is 0 Å². The van der Waals surface area contributed by atoms with Crippen molar-refractivity contribution in [2.45, 2.75) is 122 Å². The van der Waals surface area contributed by atoms with Crippen LogP contribution in [0.2, 0.25) is 0 Å². The maximum atomic E-state index is 5.09. The molecule has 24 heavy (non-hydrogen) atoms. The summed E-state index contributed by atoms with van der Waals surface area (Å²) in [6.45, 7) is 6.15. The Bertz CT molecular complexity index is 246. The normalized spacial score (nSPS) is 13.0. The van der Waals surface area contributed by atoms with Crippen LogP contribution in [0.15, 0.2) is 12.2 Å². The summed E-state index contributed by atoms with van der Waals surface area (Å²) in [7, 11) is 1.71. The first-order valence-corrected chi connectivity index (χ1v) is 10.8. The van der Waals surface area contributed by atoms with Gasteiger partial charge in [0.05, 0.1) is 6.10 Å². The molecule has 0 rings (SSSR count). The zero-order chi connectivity index (χ0) is 17.7. The van der Waals surface area contributed by atoms with E-state index >= 15 is 0 Å². The highest BCUT2D eigenvalue weighted by Crippen LogP contribution is 2.14. The summed E-state index contributed by atoms with van der Waals surface area (Å²) in [6.07, 6.45) is 28.4. The Balaban J connectivity index is 3.04. The van der Waals surface area contributed by atoms with Gasteiger partial charge >= 0.3 is 0 Å².